The minimum absolute atomic E-state index is 0.0384. The standard InChI is InChI=1S/C15H19BrN2O5S2/c1-9(10-4-5-10)17-8-11-6-12(16)7-13(14(11)15(17)19)18(24(2,20)21)25(3,22)23/h6-7,9-10H,4-5,8H2,1-3H3. The van der Waals surface area contributed by atoms with Crippen LogP contribution in [0.4, 0.5) is 5.69 Å². The highest BCUT2D eigenvalue weighted by Gasteiger charge is 2.42. The topological polar surface area (TPSA) is 91.8 Å². The van der Waals surface area contributed by atoms with E-state index in [-0.39, 0.29) is 23.2 Å². The van der Waals surface area contributed by atoms with E-state index in [0.29, 0.717) is 26.2 Å². The van der Waals surface area contributed by atoms with E-state index in [9.17, 15) is 21.6 Å². The average molecular weight is 451 g/mol. The Hall–Kier alpha value is -1.13. The Labute approximate surface area is 156 Å². The van der Waals surface area contributed by atoms with Gasteiger partial charge in [-0.3, -0.25) is 4.79 Å². The molecule has 1 amide bonds. The summed E-state index contributed by atoms with van der Waals surface area (Å²) in [5, 5.41) is 0. The van der Waals surface area contributed by atoms with E-state index in [4.69, 9.17) is 0 Å². The van der Waals surface area contributed by atoms with Crippen molar-refractivity contribution in [2.24, 2.45) is 5.92 Å². The van der Waals surface area contributed by atoms with Crippen LogP contribution < -0.4 is 3.71 Å². The summed E-state index contributed by atoms with van der Waals surface area (Å²) in [5.41, 5.74) is 0.649. The minimum Gasteiger partial charge on any atom is -0.331 e. The lowest BCUT2D eigenvalue weighted by molar-refractivity contribution is 0.0698. The Balaban J connectivity index is 2.17. The van der Waals surface area contributed by atoms with Crippen LogP contribution in [0.25, 0.3) is 0 Å². The van der Waals surface area contributed by atoms with Crippen molar-refractivity contribution in [2.75, 3.05) is 16.2 Å². The molecular formula is C15H19BrN2O5S2. The maximum Gasteiger partial charge on any atom is 0.256 e. The summed E-state index contributed by atoms with van der Waals surface area (Å²) in [6, 6.07) is 3.14. The van der Waals surface area contributed by atoms with Crippen LogP contribution in [-0.2, 0) is 26.6 Å². The average Bonchev–Trinajstić information content (AvgIpc) is 3.19. The van der Waals surface area contributed by atoms with Gasteiger partial charge in [-0.2, -0.15) is 3.71 Å². The van der Waals surface area contributed by atoms with Crippen molar-refractivity contribution in [3.05, 3.63) is 27.7 Å². The number of benzene rings is 1. The van der Waals surface area contributed by atoms with Gasteiger partial charge in [0, 0.05) is 17.1 Å². The molecule has 138 valence electrons. The highest BCUT2D eigenvalue weighted by atomic mass is 79.9. The van der Waals surface area contributed by atoms with Crippen molar-refractivity contribution in [3.63, 3.8) is 0 Å². The highest BCUT2D eigenvalue weighted by molar-refractivity contribution is 9.10. The molecule has 1 unspecified atom stereocenters. The molecule has 1 aliphatic heterocycles. The fourth-order valence-corrected chi connectivity index (χ4v) is 6.79. The van der Waals surface area contributed by atoms with Gasteiger partial charge in [0.15, 0.2) is 0 Å². The second-order valence-corrected chi connectivity index (χ2v) is 11.5. The molecule has 0 radical (unpaired) electrons. The largest absolute Gasteiger partial charge is 0.331 e. The van der Waals surface area contributed by atoms with Crippen LogP contribution in [0.15, 0.2) is 16.6 Å². The number of rotatable bonds is 5. The fourth-order valence-electron chi connectivity index (χ4n) is 3.33. The summed E-state index contributed by atoms with van der Waals surface area (Å²) in [6.07, 6.45) is 3.75. The highest BCUT2D eigenvalue weighted by Crippen LogP contribution is 2.42. The summed E-state index contributed by atoms with van der Waals surface area (Å²) in [5.74, 6) is 0.125. The zero-order chi connectivity index (χ0) is 18.7. The predicted octanol–water partition coefficient (Wildman–Crippen LogP) is 1.93. The van der Waals surface area contributed by atoms with Gasteiger partial charge in [0.1, 0.15) is 0 Å². The molecule has 1 atom stereocenters. The van der Waals surface area contributed by atoms with Crippen LogP contribution in [-0.4, -0.2) is 46.2 Å². The maximum absolute atomic E-state index is 13.0. The van der Waals surface area contributed by atoms with Crippen molar-refractivity contribution in [2.45, 2.75) is 32.4 Å². The number of carbonyl (C=O) groups is 1. The summed E-state index contributed by atoms with van der Waals surface area (Å²) >= 11 is 3.29. The van der Waals surface area contributed by atoms with E-state index in [2.05, 4.69) is 15.9 Å². The Morgan fingerprint density at radius 3 is 2.20 bits per heavy atom. The number of fused-ring (bicyclic) bond motifs is 1. The molecular weight excluding hydrogens is 432 g/mol. The van der Waals surface area contributed by atoms with Gasteiger partial charge >= 0.3 is 0 Å². The smallest absolute Gasteiger partial charge is 0.256 e. The number of hydrogen-bond donors (Lipinski definition) is 0. The first-order valence-electron chi connectivity index (χ1n) is 7.75. The Morgan fingerprint density at radius 2 is 1.72 bits per heavy atom. The number of nitrogens with zero attached hydrogens (tertiary/aromatic N) is 2. The summed E-state index contributed by atoms with van der Waals surface area (Å²) in [7, 11) is -8.25. The third-order valence-corrected chi connectivity index (χ3v) is 8.26. The van der Waals surface area contributed by atoms with Gasteiger partial charge in [-0.15, -0.1) is 0 Å². The van der Waals surface area contributed by atoms with Crippen molar-refractivity contribution in [3.8, 4) is 0 Å². The number of hydrogen-bond acceptors (Lipinski definition) is 5. The SMILES string of the molecule is CC(C1CC1)N1Cc2cc(Br)cc(N(S(C)(=O)=O)S(C)(=O)=O)c2C1=O. The molecule has 10 heteroatoms. The molecule has 25 heavy (non-hydrogen) atoms. The van der Waals surface area contributed by atoms with Crippen molar-refractivity contribution < 1.29 is 21.6 Å². The van der Waals surface area contributed by atoms with Gasteiger partial charge in [-0.05, 0) is 43.4 Å². The van der Waals surface area contributed by atoms with Crippen LogP contribution in [0.5, 0.6) is 0 Å². The normalized spacial score (nSPS) is 19.0. The molecule has 2 aliphatic rings. The molecule has 1 aromatic carbocycles. The van der Waals surface area contributed by atoms with E-state index in [0.717, 1.165) is 25.4 Å². The van der Waals surface area contributed by atoms with E-state index in [1.54, 1.807) is 11.0 Å². The summed E-state index contributed by atoms with van der Waals surface area (Å²) in [4.78, 5) is 14.7. The molecule has 1 aliphatic carbocycles. The summed E-state index contributed by atoms with van der Waals surface area (Å²) < 4.78 is 49.4. The molecule has 0 bridgehead atoms. The van der Waals surface area contributed by atoms with Gasteiger partial charge < -0.3 is 4.90 Å². The first kappa shape index (κ1) is 18.7. The third-order valence-electron chi connectivity index (χ3n) is 4.57. The van der Waals surface area contributed by atoms with Gasteiger partial charge in [0.05, 0.1) is 23.8 Å². The quantitative estimate of drug-likeness (QED) is 0.682. The zero-order valence-corrected chi connectivity index (χ0v) is 17.3. The number of amides is 1. The van der Waals surface area contributed by atoms with Crippen LogP contribution in [0, 0.1) is 5.92 Å². The molecule has 1 saturated carbocycles. The van der Waals surface area contributed by atoms with Gasteiger partial charge in [0.25, 0.3) is 5.91 Å². The second kappa shape index (κ2) is 5.95. The Kier molecular flexibility index (Phi) is 4.44. The van der Waals surface area contributed by atoms with Crippen molar-refractivity contribution >= 4 is 47.6 Å². The molecule has 1 aromatic rings. The Bertz CT molecular complexity index is 922. The molecule has 7 nitrogen and oxygen atoms in total. The molecule has 3 rings (SSSR count). The van der Waals surface area contributed by atoms with E-state index in [1.807, 2.05) is 6.92 Å². The molecule has 0 N–H and O–H groups in total. The zero-order valence-electron chi connectivity index (χ0n) is 14.1. The first-order chi connectivity index (χ1) is 11.4. The predicted molar refractivity (Wildman–Crippen MR) is 98.4 cm³/mol. The first-order valence-corrected chi connectivity index (χ1v) is 12.2. The lowest BCUT2D eigenvalue weighted by atomic mass is 10.1. The van der Waals surface area contributed by atoms with Crippen molar-refractivity contribution in [1.29, 1.82) is 0 Å². The Morgan fingerprint density at radius 1 is 1.16 bits per heavy atom. The van der Waals surface area contributed by atoms with Gasteiger partial charge in [0.2, 0.25) is 20.0 Å². The molecule has 0 saturated heterocycles. The monoisotopic (exact) mass is 450 g/mol. The van der Waals surface area contributed by atoms with Crippen LogP contribution >= 0.6 is 15.9 Å². The second-order valence-electron chi connectivity index (χ2n) is 6.69. The number of sulfonamides is 2. The lowest BCUT2D eigenvalue weighted by Crippen LogP contribution is -2.38. The lowest BCUT2D eigenvalue weighted by Gasteiger charge is -2.25. The molecule has 1 heterocycles. The van der Waals surface area contributed by atoms with Crippen LogP contribution in [0.3, 0.4) is 0 Å². The van der Waals surface area contributed by atoms with Gasteiger partial charge in [-0.25, -0.2) is 16.8 Å². The van der Waals surface area contributed by atoms with Crippen LogP contribution in [0.1, 0.15) is 35.7 Å². The van der Waals surface area contributed by atoms with E-state index < -0.39 is 20.0 Å². The van der Waals surface area contributed by atoms with E-state index in [1.165, 1.54) is 6.07 Å². The van der Waals surface area contributed by atoms with Crippen LogP contribution in [0.2, 0.25) is 0 Å². The summed E-state index contributed by atoms with van der Waals surface area (Å²) in [6.45, 7) is 2.32. The van der Waals surface area contributed by atoms with Crippen molar-refractivity contribution in [1.82, 2.24) is 4.90 Å². The number of carbonyl (C=O) groups excluding carboxylic acids is 1. The third kappa shape index (κ3) is 3.43. The molecule has 0 spiro atoms. The maximum atomic E-state index is 13.0. The molecule has 0 aromatic heterocycles. The number of halogens is 1. The van der Waals surface area contributed by atoms with Gasteiger partial charge in [-0.1, -0.05) is 15.9 Å². The fraction of sp³-hybridized carbons (Fsp3) is 0.533. The minimum atomic E-state index is -4.13. The molecule has 1 fully saturated rings. The number of anilines is 1. The van der Waals surface area contributed by atoms with E-state index >= 15 is 0 Å².